The van der Waals surface area contributed by atoms with Gasteiger partial charge in [0, 0.05) is 12.4 Å². The molecular weight excluding hydrogens is 266 g/mol. The predicted octanol–water partition coefficient (Wildman–Crippen LogP) is 2.07. The Morgan fingerprint density at radius 3 is 2.76 bits per heavy atom. The van der Waals surface area contributed by atoms with E-state index in [1.807, 2.05) is 6.92 Å². The molecular formula is C9H12ClN3O3S. The summed E-state index contributed by atoms with van der Waals surface area (Å²) in [7, 11) is 0. The molecule has 1 rings (SSSR count). The van der Waals surface area contributed by atoms with Gasteiger partial charge in [-0.15, -0.1) is 0 Å². The fourth-order valence-electron chi connectivity index (χ4n) is 1.09. The minimum atomic E-state index is -0.516. The average Bonchev–Trinajstić information content (AvgIpc) is 2.24. The van der Waals surface area contributed by atoms with Crippen LogP contribution in [0.1, 0.15) is 12.6 Å². The van der Waals surface area contributed by atoms with Crippen molar-refractivity contribution in [3.63, 3.8) is 0 Å². The van der Waals surface area contributed by atoms with Crippen LogP contribution in [0.2, 0.25) is 5.28 Å². The van der Waals surface area contributed by atoms with E-state index in [0.717, 1.165) is 0 Å². The largest absolute Gasteiger partial charge is 0.396 e. The zero-order valence-electron chi connectivity index (χ0n) is 9.38. The minimum Gasteiger partial charge on any atom is -0.396 e. The number of nitrogens with zero attached hydrogens (tertiary/aromatic N) is 3. The third kappa shape index (κ3) is 3.79. The quantitative estimate of drug-likeness (QED) is 0.291. The van der Waals surface area contributed by atoms with Crippen LogP contribution in [0.5, 0.6) is 0 Å². The summed E-state index contributed by atoms with van der Waals surface area (Å²) in [6, 6.07) is 0. The molecule has 0 saturated carbocycles. The lowest BCUT2D eigenvalue weighted by Crippen LogP contribution is -2.05. The van der Waals surface area contributed by atoms with Crippen molar-refractivity contribution in [1.29, 1.82) is 0 Å². The molecule has 1 N–H and O–H groups in total. The minimum absolute atomic E-state index is 0.00717. The fraction of sp³-hybridized carbons (Fsp3) is 0.556. The molecule has 0 radical (unpaired) electrons. The third-order valence-electron chi connectivity index (χ3n) is 2.00. The number of halogens is 1. The molecule has 6 nitrogen and oxygen atoms in total. The number of aryl methyl sites for hydroxylation is 1. The van der Waals surface area contributed by atoms with Crippen LogP contribution in [-0.2, 0) is 0 Å². The van der Waals surface area contributed by atoms with Gasteiger partial charge in [-0.05, 0) is 24.4 Å². The van der Waals surface area contributed by atoms with Crippen molar-refractivity contribution in [2.24, 2.45) is 5.92 Å². The first-order valence-electron chi connectivity index (χ1n) is 4.88. The van der Waals surface area contributed by atoms with Gasteiger partial charge in [0.1, 0.15) is 5.69 Å². The number of rotatable bonds is 5. The molecule has 0 spiro atoms. The van der Waals surface area contributed by atoms with Crippen LogP contribution >= 0.6 is 23.4 Å². The predicted molar refractivity (Wildman–Crippen MR) is 65.4 cm³/mol. The maximum absolute atomic E-state index is 10.9. The van der Waals surface area contributed by atoms with Crippen molar-refractivity contribution in [1.82, 2.24) is 9.97 Å². The van der Waals surface area contributed by atoms with Crippen molar-refractivity contribution in [2.45, 2.75) is 18.9 Å². The van der Waals surface area contributed by atoms with Crippen molar-refractivity contribution in [3.8, 4) is 0 Å². The van der Waals surface area contributed by atoms with Gasteiger partial charge in [-0.1, -0.05) is 18.7 Å². The highest BCUT2D eigenvalue weighted by molar-refractivity contribution is 7.99. The van der Waals surface area contributed by atoms with Gasteiger partial charge in [-0.25, -0.2) is 9.97 Å². The number of aromatic nitrogens is 2. The Morgan fingerprint density at radius 2 is 2.24 bits per heavy atom. The Morgan fingerprint density at radius 1 is 1.59 bits per heavy atom. The van der Waals surface area contributed by atoms with E-state index in [4.69, 9.17) is 16.7 Å². The Hall–Kier alpha value is -0.920. The molecule has 0 amide bonds. The first-order chi connectivity index (χ1) is 7.95. The van der Waals surface area contributed by atoms with Crippen LogP contribution in [0.25, 0.3) is 0 Å². The Balaban J connectivity index is 3.00. The van der Waals surface area contributed by atoms with Crippen molar-refractivity contribution < 1.29 is 10.0 Å². The van der Waals surface area contributed by atoms with Gasteiger partial charge in [0.25, 0.3) is 0 Å². The molecule has 0 aliphatic rings. The average molecular weight is 278 g/mol. The highest BCUT2D eigenvalue weighted by Crippen LogP contribution is 2.31. The maximum atomic E-state index is 10.9. The summed E-state index contributed by atoms with van der Waals surface area (Å²) in [5, 5.41) is 20.0. The van der Waals surface area contributed by atoms with Crippen LogP contribution in [-0.4, -0.2) is 32.4 Å². The lowest BCUT2D eigenvalue weighted by atomic mass is 10.2. The molecule has 0 aliphatic heterocycles. The van der Waals surface area contributed by atoms with Crippen molar-refractivity contribution >= 4 is 29.1 Å². The standard InChI is InChI=1S/C9H12ClN3O3S/c1-5(3-14)4-17-8-7(13(15)16)6(2)11-9(10)12-8/h5,14H,3-4H2,1-2H3. The van der Waals surface area contributed by atoms with Gasteiger partial charge in [0.05, 0.1) is 4.92 Å². The van der Waals surface area contributed by atoms with E-state index >= 15 is 0 Å². The Labute approximate surface area is 108 Å². The van der Waals surface area contributed by atoms with Crippen molar-refractivity contribution in [2.75, 3.05) is 12.4 Å². The lowest BCUT2D eigenvalue weighted by Gasteiger charge is -2.07. The molecule has 94 valence electrons. The van der Waals surface area contributed by atoms with E-state index in [1.54, 1.807) is 0 Å². The number of nitro groups is 1. The summed E-state index contributed by atoms with van der Waals surface area (Å²) in [6.45, 7) is 3.39. The first kappa shape index (κ1) is 14.1. The summed E-state index contributed by atoms with van der Waals surface area (Å²) in [4.78, 5) is 18.0. The van der Waals surface area contributed by atoms with Gasteiger partial charge in [-0.2, -0.15) is 0 Å². The normalized spacial score (nSPS) is 12.5. The molecule has 0 aromatic carbocycles. The smallest absolute Gasteiger partial charge is 0.322 e. The van der Waals surface area contributed by atoms with Crippen LogP contribution in [0.4, 0.5) is 5.69 Å². The molecule has 0 saturated heterocycles. The summed E-state index contributed by atoms with van der Waals surface area (Å²) in [5.74, 6) is 0.568. The van der Waals surface area contributed by atoms with E-state index in [9.17, 15) is 10.1 Å². The van der Waals surface area contributed by atoms with Crippen LogP contribution in [0.3, 0.4) is 0 Å². The van der Waals surface area contributed by atoms with Crippen LogP contribution < -0.4 is 0 Å². The molecule has 1 heterocycles. The molecule has 8 heteroatoms. The van der Waals surface area contributed by atoms with E-state index in [-0.39, 0.29) is 34.2 Å². The topological polar surface area (TPSA) is 89.2 Å². The SMILES string of the molecule is Cc1nc(Cl)nc(SCC(C)CO)c1[N+](=O)[O-]. The van der Waals surface area contributed by atoms with Gasteiger partial charge < -0.3 is 5.11 Å². The van der Waals surface area contributed by atoms with Crippen LogP contribution in [0, 0.1) is 23.0 Å². The van der Waals surface area contributed by atoms with Gasteiger partial charge in [-0.3, -0.25) is 10.1 Å². The summed E-state index contributed by atoms with van der Waals surface area (Å²) in [6.07, 6.45) is 0. The zero-order chi connectivity index (χ0) is 13.0. The van der Waals surface area contributed by atoms with Gasteiger partial charge in [0.15, 0.2) is 5.03 Å². The molecule has 1 aromatic rings. The summed E-state index contributed by atoms with van der Waals surface area (Å²) >= 11 is 6.87. The number of hydrogen-bond donors (Lipinski definition) is 1. The summed E-state index contributed by atoms with van der Waals surface area (Å²) < 4.78 is 0. The molecule has 0 aliphatic carbocycles. The molecule has 1 unspecified atom stereocenters. The van der Waals surface area contributed by atoms with E-state index in [2.05, 4.69) is 9.97 Å². The second-order valence-corrected chi connectivity index (χ2v) is 4.93. The monoisotopic (exact) mass is 277 g/mol. The van der Waals surface area contributed by atoms with E-state index < -0.39 is 4.92 Å². The zero-order valence-corrected chi connectivity index (χ0v) is 11.0. The lowest BCUT2D eigenvalue weighted by molar-refractivity contribution is -0.389. The summed E-state index contributed by atoms with van der Waals surface area (Å²) in [5.41, 5.74) is 0.124. The number of thioether (sulfide) groups is 1. The number of aliphatic hydroxyl groups is 1. The van der Waals surface area contributed by atoms with Crippen LogP contribution in [0.15, 0.2) is 5.03 Å². The van der Waals surface area contributed by atoms with Gasteiger partial charge >= 0.3 is 5.69 Å². The maximum Gasteiger partial charge on any atom is 0.322 e. The first-order valence-corrected chi connectivity index (χ1v) is 6.24. The fourth-order valence-corrected chi connectivity index (χ4v) is 2.41. The highest BCUT2D eigenvalue weighted by Gasteiger charge is 2.22. The molecule has 0 fully saturated rings. The second-order valence-electron chi connectivity index (χ2n) is 3.59. The van der Waals surface area contributed by atoms with Crippen molar-refractivity contribution in [3.05, 3.63) is 21.1 Å². The third-order valence-corrected chi connectivity index (χ3v) is 3.46. The molecule has 1 aromatic heterocycles. The number of hydrogen-bond acceptors (Lipinski definition) is 6. The molecule has 17 heavy (non-hydrogen) atoms. The van der Waals surface area contributed by atoms with E-state index in [0.29, 0.717) is 5.75 Å². The highest BCUT2D eigenvalue weighted by atomic mass is 35.5. The number of aliphatic hydroxyl groups excluding tert-OH is 1. The second kappa shape index (κ2) is 6.13. The Bertz CT molecular complexity index is 430. The van der Waals surface area contributed by atoms with Gasteiger partial charge in [0.2, 0.25) is 5.28 Å². The molecule has 0 bridgehead atoms. The molecule has 1 atom stereocenters. The Kier molecular flexibility index (Phi) is 5.10. The van der Waals surface area contributed by atoms with E-state index in [1.165, 1.54) is 18.7 Å².